The number of nitrogens with zero attached hydrogens (tertiary/aromatic N) is 5. The summed E-state index contributed by atoms with van der Waals surface area (Å²) in [5.41, 5.74) is 25.5. The normalized spacial score (nSPS) is 11.9. The number of rotatable bonds is 5. The number of hydrogen-bond donors (Lipinski definition) is 0. The molecule has 0 saturated heterocycles. The number of benzene rings is 8. The molecule has 68 heavy (non-hydrogen) atoms. The molecule has 0 saturated carbocycles. The van der Waals surface area contributed by atoms with Gasteiger partial charge in [-0.15, -0.1) is 16.4 Å². The first kappa shape index (κ1) is 42.3. The molecule has 12 rings (SSSR count). The summed E-state index contributed by atoms with van der Waals surface area (Å²) in [5.74, 6) is 1.80. The number of hydrogen-bond acceptors (Lipinski definition) is 4. The highest BCUT2D eigenvalue weighted by Gasteiger charge is 2.29. The second-order valence-electron chi connectivity index (χ2n) is 19.1. The quantitative estimate of drug-likeness (QED) is 0.162. The van der Waals surface area contributed by atoms with Crippen LogP contribution < -0.4 is 60.1 Å². The second-order valence-corrected chi connectivity index (χ2v) is 19.1. The van der Waals surface area contributed by atoms with E-state index < -0.39 is 0 Å². The summed E-state index contributed by atoms with van der Waals surface area (Å²) in [6, 6.07) is 43.0. The van der Waals surface area contributed by atoms with Crippen molar-refractivity contribution >= 4 is 212 Å². The van der Waals surface area contributed by atoms with Crippen LogP contribution in [0.1, 0.15) is 0 Å². The van der Waals surface area contributed by atoms with Crippen LogP contribution in [0, 0.1) is 0 Å². The van der Waals surface area contributed by atoms with Gasteiger partial charge < -0.3 is 8.98 Å². The minimum atomic E-state index is 0.572. The molecule has 0 spiro atoms. The van der Waals surface area contributed by atoms with E-state index in [1.54, 1.807) is 0 Å². The molecule has 0 fully saturated rings. The average Bonchev–Trinajstić information content (AvgIpc) is 4.03. The third-order valence-electron chi connectivity index (χ3n) is 15.8. The van der Waals surface area contributed by atoms with Gasteiger partial charge in [-0.2, -0.15) is 9.97 Å². The maximum atomic E-state index is 7.32. The molecule has 0 atom stereocenters. The molecular weight excluding hydrogens is 818 g/mol. The third-order valence-corrected chi connectivity index (χ3v) is 15.8. The number of aromatic nitrogens is 5. The molecular formula is C51H42B11N5O. The summed E-state index contributed by atoms with van der Waals surface area (Å²) < 4.78 is 12.0. The monoisotopic (exact) mass is 861 g/mol. The molecule has 0 amide bonds. The number of furan rings is 1. The Morgan fingerprint density at radius 2 is 0.838 bits per heavy atom. The van der Waals surface area contributed by atoms with Crippen LogP contribution in [0.2, 0.25) is 0 Å². The van der Waals surface area contributed by atoms with Gasteiger partial charge in [-0.25, -0.2) is 4.98 Å². The van der Waals surface area contributed by atoms with Gasteiger partial charge in [-0.1, -0.05) is 135 Å². The van der Waals surface area contributed by atoms with E-state index in [9.17, 15) is 0 Å². The zero-order valence-corrected chi connectivity index (χ0v) is 40.7. The predicted molar refractivity (Wildman–Crippen MR) is 322 cm³/mol. The Hall–Kier alpha value is -7.12. The molecule has 310 valence electrons. The first-order valence-electron chi connectivity index (χ1n) is 23.7. The van der Waals surface area contributed by atoms with Crippen LogP contribution in [0.4, 0.5) is 0 Å². The van der Waals surface area contributed by atoms with Crippen LogP contribution in [0.25, 0.3) is 111 Å². The summed E-state index contributed by atoms with van der Waals surface area (Å²) in [5, 5.41) is 6.94. The van der Waals surface area contributed by atoms with Crippen molar-refractivity contribution in [1.29, 1.82) is 0 Å². The van der Waals surface area contributed by atoms with Crippen LogP contribution in [0.15, 0.2) is 126 Å². The van der Waals surface area contributed by atoms with Gasteiger partial charge in [0.2, 0.25) is 5.95 Å². The topological polar surface area (TPSA) is 61.7 Å². The fourth-order valence-corrected chi connectivity index (χ4v) is 11.6. The highest BCUT2D eigenvalue weighted by atomic mass is 16.3. The number of para-hydroxylation sites is 3. The lowest BCUT2D eigenvalue weighted by molar-refractivity contribution is 0.674. The van der Waals surface area contributed by atoms with Crippen molar-refractivity contribution in [3.8, 4) is 45.5 Å². The van der Waals surface area contributed by atoms with Gasteiger partial charge >= 0.3 is 0 Å². The van der Waals surface area contributed by atoms with Gasteiger partial charge in [0, 0.05) is 49.1 Å². The smallest absolute Gasteiger partial charge is 0.238 e. The molecule has 12 aromatic rings. The molecule has 0 bridgehead atoms. The fourth-order valence-electron chi connectivity index (χ4n) is 11.6. The van der Waals surface area contributed by atoms with E-state index in [-0.39, 0.29) is 0 Å². The average molecular weight is 860 g/mol. The third kappa shape index (κ3) is 5.83. The molecule has 0 N–H and O–H groups in total. The van der Waals surface area contributed by atoms with E-state index in [2.05, 4.69) is 199 Å². The molecule has 4 aromatic heterocycles. The van der Waals surface area contributed by atoms with E-state index in [4.69, 9.17) is 19.4 Å². The molecule has 0 aliphatic rings. The maximum absolute atomic E-state index is 7.32. The van der Waals surface area contributed by atoms with Gasteiger partial charge in [0.1, 0.15) is 97.5 Å². The van der Waals surface area contributed by atoms with Crippen molar-refractivity contribution in [2.75, 3.05) is 0 Å². The van der Waals surface area contributed by atoms with Gasteiger partial charge in [-0.05, 0) is 40.9 Å². The van der Waals surface area contributed by atoms with Crippen molar-refractivity contribution in [2.45, 2.75) is 0 Å². The lowest BCUT2D eigenvalue weighted by Gasteiger charge is -2.21. The van der Waals surface area contributed by atoms with Crippen molar-refractivity contribution in [2.24, 2.45) is 0 Å². The Morgan fingerprint density at radius 1 is 0.338 bits per heavy atom. The van der Waals surface area contributed by atoms with Crippen LogP contribution in [0.5, 0.6) is 0 Å². The van der Waals surface area contributed by atoms with E-state index in [1.807, 2.05) is 18.2 Å². The van der Waals surface area contributed by atoms with E-state index in [0.29, 0.717) is 17.6 Å². The molecule has 0 aliphatic heterocycles. The Morgan fingerprint density at radius 3 is 1.49 bits per heavy atom. The van der Waals surface area contributed by atoms with Gasteiger partial charge in [0.05, 0.1) is 22.1 Å². The van der Waals surface area contributed by atoms with Crippen LogP contribution >= 0.6 is 0 Å². The first-order chi connectivity index (χ1) is 32.9. The molecule has 0 unspecified atom stereocenters. The minimum absolute atomic E-state index is 0.572. The molecule has 0 aliphatic carbocycles. The van der Waals surface area contributed by atoms with E-state index in [0.717, 1.165) is 82.4 Å². The predicted octanol–water partition coefficient (Wildman–Crippen LogP) is -6.19. The standard InChI is InChI=1S/C51H42B11N5O/c52-35-31(36(53)40(57)42(59)39(35)56)25-16-10-20-29-30(25)24-15-6-9-19-28(24)66(29)46-43(60)37(54)33-32-34(38(55)41(58)44(61)47(32)68-48(33)45(46)62)50-63-49(21-11-2-1-3-12-21)64-51(65-50)67-26-17-7-4-13-22(26)23-14-5-8-18-27(23)67/h1-20H,52-62H2. The molecule has 17 heteroatoms. The van der Waals surface area contributed by atoms with Gasteiger partial charge in [0.25, 0.3) is 0 Å². The van der Waals surface area contributed by atoms with Crippen molar-refractivity contribution in [3.05, 3.63) is 121 Å². The molecule has 4 heterocycles. The highest BCUT2D eigenvalue weighted by Crippen LogP contribution is 2.39. The summed E-state index contributed by atoms with van der Waals surface area (Å²) in [6.07, 6.45) is 0. The Kier molecular flexibility index (Phi) is 9.61. The Labute approximate surface area is 405 Å². The number of fused-ring (bicyclic) bond motifs is 9. The minimum Gasteiger partial charge on any atom is -0.457 e. The highest BCUT2D eigenvalue weighted by molar-refractivity contribution is 6.69. The Bertz CT molecular complexity index is 4100. The van der Waals surface area contributed by atoms with Crippen LogP contribution in [0.3, 0.4) is 0 Å². The van der Waals surface area contributed by atoms with Crippen molar-refractivity contribution < 1.29 is 4.42 Å². The van der Waals surface area contributed by atoms with Gasteiger partial charge in [-0.3, -0.25) is 4.57 Å². The lowest BCUT2D eigenvalue weighted by atomic mass is 9.59. The van der Waals surface area contributed by atoms with Crippen molar-refractivity contribution in [1.82, 2.24) is 24.1 Å². The van der Waals surface area contributed by atoms with E-state index >= 15 is 0 Å². The first-order valence-corrected chi connectivity index (χ1v) is 23.7. The summed E-state index contributed by atoms with van der Waals surface area (Å²) in [6.45, 7) is 0. The SMILES string of the molecule is Bc1c(B)c(B)c(-c2cccc3c2c2ccccc2n3-c2c(B)c(B)c3c(oc4c(B)c(B)c(B)c(-c5nc(-c6ccccc6)nc(-n6c7ccccc7c7ccccc76)n5)c43)c2B)c(B)c1B. The van der Waals surface area contributed by atoms with Crippen LogP contribution in [-0.2, 0) is 0 Å². The second kappa shape index (κ2) is 15.5. The van der Waals surface area contributed by atoms with Gasteiger partial charge in [0.15, 0.2) is 11.6 Å². The fraction of sp³-hybridized carbons (Fsp3) is 0. The van der Waals surface area contributed by atoms with Crippen LogP contribution in [-0.4, -0.2) is 110 Å². The summed E-state index contributed by atoms with van der Waals surface area (Å²) in [4.78, 5) is 16.2. The molecule has 6 nitrogen and oxygen atoms in total. The van der Waals surface area contributed by atoms with E-state index in [1.165, 1.54) is 71.2 Å². The maximum Gasteiger partial charge on any atom is 0.238 e. The molecule has 0 radical (unpaired) electrons. The largest absolute Gasteiger partial charge is 0.457 e. The zero-order valence-electron chi connectivity index (χ0n) is 40.7. The summed E-state index contributed by atoms with van der Waals surface area (Å²) >= 11 is 0. The van der Waals surface area contributed by atoms with Crippen molar-refractivity contribution in [3.63, 3.8) is 0 Å². The lowest BCUT2D eigenvalue weighted by Crippen LogP contribution is -2.55. The molecule has 8 aromatic carbocycles. The zero-order chi connectivity index (χ0) is 47.0. The summed E-state index contributed by atoms with van der Waals surface area (Å²) in [7, 11) is 24.8. The Balaban J connectivity index is 1.17.